The zero-order valence-electron chi connectivity index (χ0n) is 18.6. The molecule has 172 valence electrons. The van der Waals surface area contributed by atoms with Gasteiger partial charge in [0.1, 0.15) is 11.3 Å². The Balaban J connectivity index is 1.45. The number of halogens is 1. The molecule has 1 aromatic heterocycles. The van der Waals surface area contributed by atoms with Gasteiger partial charge in [0.05, 0.1) is 12.1 Å². The van der Waals surface area contributed by atoms with Crippen molar-refractivity contribution in [2.75, 3.05) is 0 Å². The van der Waals surface area contributed by atoms with Crippen molar-refractivity contribution < 1.29 is 14.0 Å². The van der Waals surface area contributed by atoms with E-state index in [1.807, 2.05) is 18.2 Å². The predicted octanol–water partition coefficient (Wildman–Crippen LogP) is 3.43. The molecule has 2 aliphatic heterocycles. The number of amides is 1. The third-order valence-corrected chi connectivity index (χ3v) is 7.62. The van der Waals surface area contributed by atoms with Crippen molar-refractivity contribution in [3.63, 3.8) is 0 Å². The first-order valence-electron chi connectivity index (χ1n) is 11.2. The fourth-order valence-electron chi connectivity index (χ4n) is 5.12. The van der Waals surface area contributed by atoms with Gasteiger partial charge in [0.2, 0.25) is 5.91 Å². The Hall–Kier alpha value is -2.71. The second-order valence-electron chi connectivity index (χ2n) is 9.67. The summed E-state index contributed by atoms with van der Waals surface area (Å²) < 4.78 is 14.0. The highest BCUT2D eigenvalue weighted by molar-refractivity contribution is 7.99. The number of thioether (sulfide) groups is 1. The van der Waals surface area contributed by atoms with Crippen LogP contribution in [0.5, 0.6) is 0 Å². The molecule has 5 rings (SSSR count). The zero-order chi connectivity index (χ0) is 23.2. The molecule has 6 nitrogen and oxygen atoms in total. The van der Waals surface area contributed by atoms with Gasteiger partial charge in [-0.3, -0.25) is 19.9 Å². The van der Waals surface area contributed by atoms with Gasteiger partial charge in [0.15, 0.2) is 5.78 Å². The van der Waals surface area contributed by atoms with Gasteiger partial charge in [-0.05, 0) is 35.6 Å². The van der Waals surface area contributed by atoms with Crippen molar-refractivity contribution in [3.8, 4) is 0 Å². The van der Waals surface area contributed by atoms with E-state index in [0.717, 1.165) is 17.8 Å². The zero-order valence-corrected chi connectivity index (χ0v) is 19.4. The van der Waals surface area contributed by atoms with E-state index in [4.69, 9.17) is 0 Å². The number of carbonyl (C=O) groups excluding carboxylic acids is 2. The summed E-state index contributed by atoms with van der Waals surface area (Å²) in [5.74, 6) is -0.835. The Morgan fingerprint density at radius 3 is 2.64 bits per heavy atom. The van der Waals surface area contributed by atoms with Crippen molar-refractivity contribution >= 4 is 23.5 Å². The number of Topliss-reactive ketones (excluding diaryl/α,β-unsaturated/α-hetero) is 1. The third kappa shape index (κ3) is 4.29. The lowest BCUT2D eigenvalue weighted by Gasteiger charge is -2.48. The standard InChI is InChI=1S/C25H27FN4O2S/c1-25(2)11-17-19(18(31)12-25)20(16-9-5-6-10-27-16)21-22(28-17)29-24(30-23(21)32)33-13-14-7-3-4-8-15(14)26/h3-10,20-22,24,28-29H,11-13H2,1-2H3,(H,30,32). The maximum Gasteiger partial charge on any atom is 0.229 e. The largest absolute Gasteiger partial charge is 0.372 e. The molecule has 3 heterocycles. The fraction of sp³-hybridized carbons (Fsp3) is 0.400. The van der Waals surface area contributed by atoms with Crippen molar-refractivity contribution in [1.82, 2.24) is 20.9 Å². The number of pyridine rings is 1. The molecular formula is C25H27FN4O2S. The number of rotatable bonds is 4. The van der Waals surface area contributed by atoms with E-state index >= 15 is 0 Å². The normalized spacial score (nSPS) is 28.5. The number of hydrogen-bond donors (Lipinski definition) is 3. The van der Waals surface area contributed by atoms with Crippen molar-refractivity contribution in [2.45, 2.75) is 50.0 Å². The lowest BCUT2D eigenvalue weighted by atomic mass is 9.67. The molecule has 2 aromatic rings. The third-order valence-electron chi connectivity index (χ3n) is 6.56. The van der Waals surface area contributed by atoms with Crippen molar-refractivity contribution in [3.05, 3.63) is 77.0 Å². The molecule has 1 saturated heterocycles. The number of nitrogens with zero attached hydrogens (tertiary/aromatic N) is 1. The van der Waals surface area contributed by atoms with Crippen LogP contribution in [0.15, 0.2) is 59.9 Å². The maximum absolute atomic E-state index is 14.0. The van der Waals surface area contributed by atoms with Crippen LogP contribution in [-0.4, -0.2) is 28.3 Å². The first-order valence-corrected chi connectivity index (χ1v) is 12.2. The predicted molar refractivity (Wildman–Crippen MR) is 125 cm³/mol. The molecule has 8 heteroatoms. The van der Waals surface area contributed by atoms with Crippen LogP contribution >= 0.6 is 11.8 Å². The Kier molecular flexibility index (Phi) is 5.74. The lowest BCUT2D eigenvalue weighted by Crippen LogP contribution is -2.68. The topological polar surface area (TPSA) is 83.1 Å². The van der Waals surface area contributed by atoms with Gasteiger partial charge in [-0.15, -0.1) is 11.8 Å². The van der Waals surface area contributed by atoms with Gasteiger partial charge < -0.3 is 10.6 Å². The van der Waals surface area contributed by atoms with Crippen LogP contribution in [-0.2, 0) is 15.3 Å². The highest BCUT2D eigenvalue weighted by atomic mass is 32.2. The molecular weight excluding hydrogens is 439 g/mol. The van der Waals surface area contributed by atoms with Gasteiger partial charge in [0, 0.05) is 41.3 Å². The van der Waals surface area contributed by atoms with E-state index in [-0.39, 0.29) is 34.6 Å². The molecule has 33 heavy (non-hydrogen) atoms. The van der Waals surface area contributed by atoms with Gasteiger partial charge in [-0.2, -0.15) is 0 Å². The van der Waals surface area contributed by atoms with Crippen LogP contribution in [0.2, 0.25) is 0 Å². The molecule has 1 aromatic carbocycles. The molecule has 0 bridgehead atoms. The highest BCUT2D eigenvalue weighted by Gasteiger charge is 2.51. The molecule has 1 fully saturated rings. The SMILES string of the molecule is CC1(C)CC(=O)C2=C(C1)NC1NC(SCc3ccccc3F)NC(=O)C1C2c1ccccn1. The van der Waals surface area contributed by atoms with E-state index in [2.05, 4.69) is 34.8 Å². The molecule has 0 radical (unpaired) electrons. The van der Waals surface area contributed by atoms with Crippen LogP contribution in [0, 0.1) is 17.2 Å². The summed E-state index contributed by atoms with van der Waals surface area (Å²) in [6, 6.07) is 12.3. The van der Waals surface area contributed by atoms with Gasteiger partial charge >= 0.3 is 0 Å². The molecule has 0 spiro atoms. The number of nitrogens with one attached hydrogen (secondary N) is 3. The maximum atomic E-state index is 14.0. The number of carbonyl (C=O) groups is 2. The van der Waals surface area contributed by atoms with Gasteiger partial charge in [-0.1, -0.05) is 38.1 Å². The summed E-state index contributed by atoms with van der Waals surface area (Å²) in [4.78, 5) is 31.1. The van der Waals surface area contributed by atoms with E-state index in [9.17, 15) is 14.0 Å². The van der Waals surface area contributed by atoms with Crippen molar-refractivity contribution in [2.24, 2.45) is 11.3 Å². The number of allylic oxidation sites excluding steroid dienone is 2. The Morgan fingerprint density at radius 1 is 1.09 bits per heavy atom. The van der Waals surface area contributed by atoms with E-state index < -0.39 is 11.8 Å². The summed E-state index contributed by atoms with van der Waals surface area (Å²) in [5.41, 5.74) is 2.36. The summed E-state index contributed by atoms with van der Waals surface area (Å²) >= 11 is 1.43. The minimum Gasteiger partial charge on any atom is -0.372 e. The molecule has 4 atom stereocenters. The number of hydrogen-bond acceptors (Lipinski definition) is 6. The molecule has 3 N–H and O–H groups in total. The summed E-state index contributed by atoms with van der Waals surface area (Å²) in [5, 5.41) is 9.98. The average Bonchev–Trinajstić information content (AvgIpc) is 2.77. The minimum atomic E-state index is -0.519. The lowest BCUT2D eigenvalue weighted by molar-refractivity contribution is -0.130. The van der Waals surface area contributed by atoms with Gasteiger partial charge in [0.25, 0.3) is 0 Å². The Morgan fingerprint density at radius 2 is 1.88 bits per heavy atom. The molecule has 4 unspecified atom stereocenters. The van der Waals surface area contributed by atoms with Crippen LogP contribution in [0.1, 0.15) is 43.9 Å². The smallest absolute Gasteiger partial charge is 0.229 e. The summed E-state index contributed by atoms with van der Waals surface area (Å²) in [7, 11) is 0. The van der Waals surface area contributed by atoms with E-state index in [1.54, 1.807) is 24.4 Å². The molecule has 1 amide bonds. The van der Waals surface area contributed by atoms with Gasteiger partial charge in [-0.25, -0.2) is 4.39 Å². The van der Waals surface area contributed by atoms with Crippen molar-refractivity contribution in [1.29, 1.82) is 0 Å². The number of aromatic nitrogens is 1. The summed E-state index contributed by atoms with van der Waals surface area (Å²) in [6.07, 6.45) is 2.52. The quantitative estimate of drug-likeness (QED) is 0.641. The van der Waals surface area contributed by atoms with Crippen LogP contribution < -0.4 is 16.0 Å². The van der Waals surface area contributed by atoms with Crippen LogP contribution in [0.25, 0.3) is 0 Å². The number of benzene rings is 1. The highest BCUT2D eigenvalue weighted by Crippen LogP contribution is 2.47. The molecule has 3 aliphatic rings. The fourth-order valence-corrected chi connectivity index (χ4v) is 6.14. The van der Waals surface area contributed by atoms with E-state index in [0.29, 0.717) is 23.3 Å². The molecule has 1 aliphatic carbocycles. The first kappa shape index (κ1) is 22.1. The summed E-state index contributed by atoms with van der Waals surface area (Å²) in [6.45, 7) is 4.18. The second-order valence-corrected chi connectivity index (χ2v) is 10.8. The molecule has 0 saturated carbocycles. The number of fused-ring (bicyclic) bond motifs is 1. The average molecular weight is 467 g/mol. The van der Waals surface area contributed by atoms with Crippen LogP contribution in [0.3, 0.4) is 0 Å². The Bertz CT molecular complexity index is 1120. The van der Waals surface area contributed by atoms with Crippen LogP contribution in [0.4, 0.5) is 4.39 Å². The Labute approximate surface area is 196 Å². The van der Waals surface area contributed by atoms with E-state index in [1.165, 1.54) is 17.8 Å². The first-order chi connectivity index (χ1) is 15.8. The second kappa shape index (κ2) is 8.57. The minimum absolute atomic E-state index is 0.0757. The number of ketones is 1. The monoisotopic (exact) mass is 466 g/mol.